The van der Waals surface area contributed by atoms with Crippen LogP contribution in [0.3, 0.4) is 0 Å². The Bertz CT molecular complexity index is 900. The smallest absolute Gasteiger partial charge is 0.275 e. The summed E-state index contributed by atoms with van der Waals surface area (Å²) < 4.78 is 8.58. The van der Waals surface area contributed by atoms with E-state index in [1.807, 2.05) is 55.5 Å². The third kappa shape index (κ3) is 4.52. The predicted octanol–water partition coefficient (Wildman–Crippen LogP) is 4.17. The Balaban J connectivity index is 1.66. The monoisotopic (exact) mass is 366 g/mol. The van der Waals surface area contributed by atoms with Crippen LogP contribution in [0.15, 0.2) is 65.8 Å². The number of hydrogen-bond acceptors (Lipinski definition) is 6. The normalized spacial score (nSPS) is 10.2. The molecule has 0 bridgehead atoms. The molecule has 0 aliphatic carbocycles. The number of ether oxygens (including phenoxy) is 1. The fourth-order valence-corrected chi connectivity index (χ4v) is 2.91. The van der Waals surface area contributed by atoms with E-state index in [9.17, 15) is 4.79 Å². The Morgan fingerprint density at radius 3 is 2.69 bits per heavy atom. The highest BCUT2D eigenvalue weighted by molar-refractivity contribution is 8.00. The van der Waals surface area contributed by atoms with Crippen molar-refractivity contribution in [1.29, 1.82) is 0 Å². The molecule has 0 atom stereocenters. The third-order valence-corrected chi connectivity index (χ3v) is 4.30. The van der Waals surface area contributed by atoms with Crippen LogP contribution in [0.4, 0.5) is 11.4 Å². The number of carbonyl (C=O) groups excluding carboxylic acids is 1. The van der Waals surface area contributed by atoms with Gasteiger partial charge >= 0.3 is 0 Å². The molecule has 1 heterocycles. The number of carbonyl (C=O) groups is 1. The molecule has 26 heavy (non-hydrogen) atoms. The first-order valence-corrected chi connectivity index (χ1v) is 8.73. The van der Waals surface area contributed by atoms with E-state index < -0.39 is 0 Å². The summed E-state index contributed by atoms with van der Waals surface area (Å²) in [5.74, 6) is 0.472. The summed E-state index contributed by atoms with van der Waals surface area (Å²) in [6, 6.07) is 15.2. The van der Waals surface area contributed by atoms with Crippen LogP contribution in [0.5, 0.6) is 5.75 Å². The molecule has 0 aliphatic rings. The molecule has 1 amide bonds. The van der Waals surface area contributed by atoms with E-state index in [1.54, 1.807) is 13.3 Å². The van der Waals surface area contributed by atoms with Crippen LogP contribution in [0.25, 0.3) is 0 Å². The first kappa shape index (κ1) is 17.8. The second-order valence-corrected chi connectivity index (χ2v) is 6.31. The average molecular weight is 366 g/mol. The molecule has 2 aromatic carbocycles. The summed E-state index contributed by atoms with van der Waals surface area (Å²) in [6.07, 6.45) is 3.03. The molecule has 2 N–H and O–H groups in total. The molecule has 0 radical (unpaired) electrons. The quantitative estimate of drug-likeness (QED) is 0.638. The standard InChI is InChI=1S/C19H18N4O2S/c1-13-11-21-17(12-20-13)19(24)22-14-6-5-7-15(10-14)26-23-16-8-3-4-9-18(16)25-2/h3-12,23H,1-2H3,(H,22,24). The number of rotatable bonds is 6. The number of nitrogens with one attached hydrogen (secondary N) is 2. The van der Waals surface area contributed by atoms with Gasteiger partial charge in [0, 0.05) is 16.8 Å². The van der Waals surface area contributed by atoms with Crippen molar-refractivity contribution in [1.82, 2.24) is 9.97 Å². The molecule has 0 unspecified atom stereocenters. The molecule has 0 spiro atoms. The lowest BCUT2D eigenvalue weighted by molar-refractivity contribution is 0.102. The predicted molar refractivity (Wildman–Crippen MR) is 104 cm³/mol. The van der Waals surface area contributed by atoms with Crippen LogP contribution in [0, 0.1) is 6.92 Å². The summed E-state index contributed by atoms with van der Waals surface area (Å²) in [5.41, 5.74) is 2.61. The Kier molecular flexibility index (Phi) is 5.70. The summed E-state index contributed by atoms with van der Waals surface area (Å²) in [5, 5.41) is 2.83. The largest absolute Gasteiger partial charge is 0.495 e. The zero-order chi connectivity index (χ0) is 18.4. The van der Waals surface area contributed by atoms with Gasteiger partial charge in [0.25, 0.3) is 5.91 Å². The molecule has 3 rings (SSSR count). The molecule has 0 fully saturated rings. The molecule has 132 valence electrons. The van der Waals surface area contributed by atoms with Crippen LogP contribution in [0.2, 0.25) is 0 Å². The number of hydrogen-bond donors (Lipinski definition) is 2. The van der Waals surface area contributed by atoms with Crippen molar-refractivity contribution in [2.75, 3.05) is 17.1 Å². The Labute approximate surface area is 156 Å². The lowest BCUT2D eigenvalue weighted by atomic mass is 10.3. The van der Waals surface area contributed by atoms with Gasteiger partial charge in [0.05, 0.1) is 24.7 Å². The summed E-state index contributed by atoms with van der Waals surface area (Å²) in [7, 11) is 1.63. The van der Waals surface area contributed by atoms with E-state index in [4.69, 9.17) is 4.74 Å². The van der Waals surface area contributed by atoms with Gasteiger partial charge in [0.1, 0.15) is 11.4 Å². The molecular formula is C19H18N4O2S. The second kappa shape index (κ2) is 8.35. The van der Waals surface area contributed by atoms with E-state index >= 15 is 0 Å². The summed E-state index contributed by atoms with van der Waals surface area (Å²) >= 11 is 1.43. The minimum absolute atomic E-state index is 0.279. The van der Waals surface area contributed by atoms with Gasteiger partial charge in [-0.05, 0) is 49.2 Å². The summed E-state index contributed by atoms with van der Waals surface area (Å²) in [4.78, 5) is 21.4. The Morgan fingerprint density at radius 2 is 1.92 bits per heavy atom. The zero-order valence-corrected chi connectivity index (χ0v) is 15.2. The van der Waals surface area contributed by atoms with Gasteiger partial charge in [-0.2, -0.15) is 0 Å². The number of nitrogens with zero attached hydrogens (tertiary/aromatic N) is 2. The van der Waals surface area contributed by atoms with Crippen LogP contribution in [0.1, 0.15) is 16.2 Å². The molecule has 0 saturated heterocycles. The summed E-state index contributed by atoms with van der Waals surface area (Å²) in [6.45, 7) is 1.82. The highest BCUT2D eigenvalue weighted by Gasteiger charge is 2.09. The van der Waals surface area contributed by atoms with E-state index in [0.717, 1.165) is 22.0 Å². The van der Waals surface area contributed by atoms with Crippen molar-refractivity contribution in [3.05, 3.63) is 72.3 Å². The number of amides is 1. The van der Waals surface area contributed by atoms with Gasteiger partial charge in [0.2, 0.25) is 0 Å². The highest BCUT2D eigenvalue weighted by Crippen LogP contribution is 2.29. The van der Waals surface area contributed by atoms with Crippen molar-refractivity contribution in [2.45, 2.75) is 11.8 Å². The van der Waals surface area contributed by atoms with Crippen molar-refractivity contribution in [3.63, 3.8) is 0 Å². The average Bonchev–Trinajstić information content (AvgIpc) is 2.67. The third-order valence-electron chi connectivity index (χ3n) is 3.49. The van der Waals surface area contributed by atoms with E-state index in [0.29, 0.717) is 5.69 Å². The first-order valence-electron chi connectivity index (χ1n) is 7.91. The second-order valence-electron chi connectivity index (χ2n) is 5.43. The topological polar surface area (TPSA) is 76.1 Å². The van der Waals surface area contributed by atoms with Crippen LogP contribution in [-0.2, 0) is 0 Å². The fourth-order valence-electron chi connectivity index (χ4n) is 2.19. The first-order chi connectivity index (χ1) is 12.7. The molecule has 6 nitrogen and oxygen atoms in total. The van der Waals surface area contributed by atoms with Gasteiger partial charge in [-0.25, -0.2) is 4.98 Å². The van der Waals surface area contributed by atoms with Crippen LogP contribution < -0.4 is 14.8 Å². The van der Waals surface area contributed by atoms with Gasteiger partial charge in [-0.15, -0.1) is 0 Å². The Hall–Kier alpha value is -3.06. The number of aromatic nitrogens is 2. The van der Waals surface area contributed by atoms with E-state index in [2.05, 4.69) is 20.0 Å². The minimum atomic E-state index is -0.294. The zero-order valence-electron chi connectivity index (χ0n) is 14.4. The molecule has 3 aromatic rings. The number of benzene rings is 2. The Morgan fingerprint density at radius 1 is 1.08 bits per heavy atom. The maximum absolute atomic E-state index is 12.2. The van der Waals surface area contributed by atoms with Gasteiger partial charge in [-0.3, -0.25) is 9.78 Å². The fraction of sp³-hybridized carbons (Fsp3) is 0.105. The molecule has 0 saturated carbocycles. The number of para-hydroxylation sites is 2. The minimum Gasteiger partial charge on any atom is -0.495 e. The SMILES string of the molecule is COc1ccccc1NSc1cccc(NC(=O)c2cnc(C)cn2)c1. The number of anilines is 2. The van der Waals surface area contributed by atoms with Gasteiger partial charge in [-0.1, -0.05) is 18.2 Å². The maximum atomic E-state index is 12.2. The molecule has 1 aromatic heterocycles. The van der Waals surface area contributed by atoms with Crippen molar-refractivity contribution in [2.24, 2.45) is 0 Å². The van der Waals surface area contributed by atoms with Gasteiger partial charge < -0.3 is 14.8 Å². The van der Waals surface area contributed by atoms with E-state index in [1.165, 1.54) is 18.1 Å². The molecular weight excluding hydrogens is 348 g/mol. The van der Waals surface area contributed by atoms with Crippen molar-refractivity contribution >= 4 is 29.2 Å². The molecule has 7 heteroatoms. The van der Waals surface area contributed by atoms with Crippen molar-refractivity contribution in [3.8, 4) is 5.75 Å². The van der Waals surface area contributed by atoms with Crippen LogP contribution in [-0.4, -0.2) is 23.0 Å². The molecule has 0 aliphatic heterocycles. The number of aryl methyl sites for hydroxylation is 1. The van der Waals surface area contributed by atoms with Gasteiger partial charge in [0.15, 0.2) is 0 Å². The van der Waals surface area contributed by atoms with Crippen LogP contribution >= 0.6 is 11.9 Å². The highest BCUT2D eigenvalue weighted by atomic mass is 32.2. The number of methoxy groups -OCH3 is 1. The van der Waals surface area contributed by atoms with Crippen molar-refractivity contribution < 1.29 is 9.53 Å². The van der Waals surface area contributed by atoms with E-state index in [-0.39, 0.29) is 11.6 Å². The lowest BCUT2D eigenvalue weighted by Crippen LogP contribution is -2.14. The lowest BCUT2D eigenvalue weighted by Gasteiger charge is -2.11. The maximum Gasteiger partial charge on any atom is 0.275 e.